The Bertz CT molecular complexity index is 1610. The van der Waals surface area contributed by atoms with Gasteiger partial charge in [-0.3, -0.25) is 0 Å². The number of benzene rings is 4. The maximum absolute atomic E-state index is 6.30. The maximum atomic E-state index is 6.30. The van der Waals surface area contributed by atoms with E-state index < -0.39 is 0 Å². The molecule has 3 aliphatic rings. The lowest BCUT2D eigenvalue weighted by molar-refractivity contribution is 0.420. The molecule has 8 rings (SSSR count). The van der Waals surface area contributed by atoms with Gasteiger partial charge in [-0.2, -0.15) is 0 Å². The summed E-state index contributed by atoms with van der Waals surface area (Å²) < 4.78 is 6.30. The first kappa shape index (κ1) is 23.4. The first-order valence-corrected chi connectivity index (χ1v) is 15.2. The smallest absolute Gasteiger partial charge is 0.137 e. The fraction of sp³-hybridized carbons (Fsp3) is 0.351. The van der Waals surface area contributed by atoms with Gasteiger partial charge in [0, 0.05) is 33.9 Å². The third-order valence-corrected chi connectivity index (χ3v) is 10.2. The third kappa shape index (κ3) is 4.16. The second kappa shape index (κ2) is 9.59. The Morgan fingerprint density at radius 3 is 1.97 bits per heavy atom. The van der Waals surface area contributed by atoms with Crippen molar-refractivity contribution < 1.29 is 4.42 Å². The highest BCUT2D eigenvalue weighted by molar-refractivity contribution is 6.06. The summed E-state index contributed by atoms with van der Waals surface area (Å²) in [5.74, 6) is 3.34. The van der Waals surface area contributed by atoms with Crippen LogP contribution in [0.4, 0.5) is 17.1 Å². The highest BCUT2D eigenvalue weighted by Gasteiger charge is 2.40. The van der Waals surface area contributed by atoms with Gasteiger partial charge in [0.2, 0.25) is 0 Å². The van der Waals surface area contributed by atoms with Crippen LogP contribution in [0.15, 0.2) is 95.4 Å². The molecule has 3 aliphatic carbocycles. The van der Waals surface area contributed by atoms with Crippen LogP contribution < -0.4 is 4.90 Å². The lowest BCUT2D eigenvalue weighted by atomic mass is 9.83. The van der Waals surface area contributed by atoms with Gasteiger partial charge < -0.3 is 9.32 Å². The summed E-state index contributed by atoms with van der Waals surface area (Å²) in [4.78, 5) is 2.40. The van der Waals surface area contributed by atoms with Crippen LogP contribution >= 0.6 is 0 Å². The van der Waals surface area contributed by atoms with E-state index in [0.29, 0.717) is 5.92 Å². The predicted octanol–water partition coefficient (Wildman–Crippen LogP) is 11.0. The molecule has 0 saturated heterocycles. The second-order valence-electron chi connectivity index (χ2n) is 12.4. The van der Waals surface area contributed by atoms with Crippen LogP contribution in [-0.4, -0.2) is 0 Å². The van der Waals surface area contributed by atoms with Crippen molar-refractivity contribution in [3.8, 4) is 0 Å². The van der Waals surface area contributed by atoms with E-state index in [9.17, 15) is 0 Å². The minimum absolute atomic E-state index is 0.717. The van der Waals surface area contributed by atoms with Crippen molar-refractivity contribution in [1.29, 1.82) is 0 Å². The Labute approximate surface area is 231 Å². The Balaban J connectivity index is 1.18. The zero-order valence-electron chi connectivity index (χ0n) is 22.7. The van der Waals surface area contributed by atoms with Gasteiger partial charge in [0.1, 0.15) is 11.2 Å². The molecule has 0 spiro atoms. The Kier molecular flexibility index (Phi) is 5.75. The Morgan fingerprint density at radius 1 is 0.564 bits per heavy atom. The quantitative estimate of drug-likeness (QED) is 0.233. The molecular weight excluding hydrogens is 474 g/mol. The molecule has 196 valence electrons. The monoisotopic (exact) mass is 511 g/mol. The van der Waals surface area contributed by atoms with Crippen molar-refractivity contribution in [3.05, 3.63) is 102 Å². The number of hydrogen-bond donors (Lipinski definition) is 0. The molecule has 2 bridgehead atoms. The lowest BCUT2D eigenvalue weighted by Gasteiger charge is -2.28. The van der Waals surface area contributed by atoms with Crippen molar-refractivity contribution in [2.24, 2.45) is 11.8 Å². The zero-order valence-corrected chi connectivity index (χ0v) is 22.7. The van der Waals surface area contributed by atoms with E-state index in [1.807, 2.05) is 6.07 Å². The van der Waals surface area contributed by atoms with Gasteiger partial charge in [0.05, 0.1) is 0 Å². The van der Waals surface area contributed by atoms with E-state index in [1.165, 1.54) is 91.1 Å². The molecule has 0 radical (unpaired) electrons. The van der Waals surface area contributed by atoms with Gasteiger partial charge in [-0.1, -0.05) is 68.1 Å². The minimum Gasteiger partial charge on any atom is -0.456 e. The van der Waals surface area contributed by atoms with Gasteiger partial charge in [0.15, 0.2) is 0 Å². The summed E-state index contributed by atoms with van der Waals surface area (Å²) in [6, 6.07) is 34.0. The number of para-hydroxylation sites is 1. The number of furan rings is 1. The van der Waals surface area contributed by atoms with E-state index in [1.54, 1.807) is 0 Å². The molecule has 2 heteroatoms. The minimum atomic E-state index is 0.717. The molecule has 4 aromatic carbocycles. The fourth-order valence-electron chi connectivity index (χ4n) is 8.16. The molecule has 0 aliphatic heterocycles. The molecule has 3 saturated carbocycles. The van der Waals surface area contributed by atoms with Crippen LogP contribution in [-0.2, 0) is 0 Å². The summed E-state index contributed by atoms with van der Waals surface area (Å²) in [6.07, 6.45) is 12.5. The molecule has 39 heavy (non-hydrogen) atoms. The standard InChI is InChI=1S/C37H37NO/c1-2-6-26(7-3-1)27-12-16-30(17-13-27)38(31-18-14-28(15-19-31)35-23-25-10-11-29(35)22-25)32-20-21-34-33-8-4-5-9-36(33)39-37(34)24-32/h4-5,8-9,12-21,24-26,29,35H,1-3,6-7,10-11,22-23H2. The van der Waals surface area contributed by atoms with Gasteiger partial charge in [-0.15, -0.1) is 0 Å². The van der Waals surface area contributed by atoms with Crippen LogP contribution in [0.2, 0.25) is 0 Å². The first-order chi connectivity index (χ1) is 19.3. The van der Waals surface area contributed by atoms with E-state index in [-0.39, 0.29) is 0 Å². The molecule has 3 atom stereocenters. The number of rotatable bonds is 5. The van der Waals surface area contributed by atoms with Crippen LogP contribution in [0.5, 0.6) is 0 Å². The molecule has 2 nitrogen and oxygen atoms in total. The van der Waals surface area contributed by atoms with Crippen molar-refractivity contribution >= 4 is 39.0 Å². The number of fused-ring (bicyclic) bond motifs is 5. The van der Waals surface area contributed by atoms with Crippen LogP contribution in [0.3, 0.4) is 0 Å². The van der Waals surface area contributed by atoms with Crippen molar-refractivity contribution in [2.45, 2.75) is 69.6 Å². The van der Waals surface area contributed by atoms with Crippen molar-refractivity contribution in [2.75, 3.05) is 4.90 Å². The predicted molar refractivity (Wildman–Crippen MR) is 162 cm³/mol. The fourth-order valence-corrected chi connectivity index (χ4v) is 8.16. The van der Waals surface area contributed by atoms with Crippen molar-refractivity contribution in [3.63, 3.8) is 0 Å². The summed E-state index contributed by atoms with van der Waals surface area (Å²) in [7, 11) is 0. The Morgan fingerprint density at radius 2 is 1.26 bits per heavy atom. The molecular formula is C37H37NO. The Hall–Kier alpha value is -3.52. The summed E-state index contributed by atoms with van der Waals surface area (Å²) in [5.41, 5.74) is 8.48. The average Bonchev–Trinajstić information content (AvgIpc) is 3.73. The van der Waals surface area contributed by atoms with Gasteiger partial charge >= 0.3 is 0 Å². The highest BCUT2D eigenvalue weighted by Crippen LogP contribution is 2.53. The number of anilines is 3. The molecule has 1 heterocycles. The molecule has 0 N–H and O–H groups in total. The normalized spacial score (nSPS) is 23.1. The van der Waals surface area contributed by atoms with E-state index in [2.05, 4.69) is 89.8 Å². The van der Waals surface area contributed by atoms with Crippen molar-refractivity contribution in [1.82, 2.24) is 0 Å². The third-order valence-electron chi connectivity index (χ3n) is 10.2. The largest absolute Gasteiger partial charge is 0.456 e. The van der Waals surface area contributed by atoms with E-state index in [4.69, 9.17) is 4.42 Å². The molecule has 3 fully saturated rings. The van der Waals surface area contributed by atoms with Gasteiger partial charge in [-0.05, 0) is 109 Å². The van der Waals surface area contributed by atoms with Crippen LogP contribution in [0.1, 0.15) is 80.8 Å². The number of nitrogens with zero attached hydrogens (tertiary/aromatic N) is 1. The maximum Gasteiger partial charge on any atom is 0.137 e. The van der Waals surface area contributed by atoms with Crippen LogP contribution in [0, 0.1) is 11.8 Å². The molecule has 5 aromatic rings. The van der Waals surface area contributed by atoms with Gasteiger partial charge in [-0.25, -0.2) is 0 Å². The SMILES string of the molecule is c1ccc2c(c1)oc1cc(N(c3ccc(C4CCCCC4)cc3)c3ccc(C4CC5CCC4C5)cc3)ccc12. The summed E-state index contributed by atoms with van der Waals surface area (Å²) in [5, 5.41) is 2.35. The van der Waals surface area contributed by atoms with E-state index in [0.717, 1.165) is 34.6 Å². The molecule has 3 unspecified atom stereocenters. The average molecular weight is 512 g/mol. The number of hydrogen-bond acceptors (Lipinski definition) is 2. The van der Waals surface area contributed by atoms with Crippen LogP contribution in [0.25, 0.3) is 21.9 Å². The molecule has 1 aromatic heterocycles. The lowest BCUT2D eigenvalue weighted by Crippen LogP contribution is -2.12. The summed E-state index contributed by atoms with van der Waals surface area (Å²) in [6.45, 7) is 0. The van der Waals surface area contributed by atoms with E-state index >= 15 is 0 Å². The molecule has 0 amide bonds. The first-order valence-electron chi connectivity index (χ1n) is 15.2. The van der Waals surface area contributed by atoms with Gasteiger partial charge in [0.25, 0.3) is 0 Å². The highest BCUT2D eigenvalue weighted by atomic mass is 16.3. The summed E-state index contributed by atoms with van der Waals surface area (Å²) >= 11 is 0. The zero-order chi connectivity index (χ0) is 25.8. The second-order valence-corrected chi connectivity index (χ2v) is 12.4. The topological polar surface area (TPSA) is 16.4 Å².